The topological polar surface area (TPSA) is 81.8 Å². The summed E-state index contributed by atoms with van der Waals surface area (Å²) in [7, 11) is 0. The summed E-state index contributed by atoms with van der Waals surface area (Å²) in [5.74, 6) is 0.552. The summed E-state index contributed by atoms with van der Waals surface area (Å²) in [5.41, 5.74) is 1.63. The van der Waals surface area contributed by atoms with E-state index in [9.17, 15) is 10.1 Å². The Hall–Kier alpha value is -2.80. The Morgan fingerprint density at radius 3 is 2.39 bits per heavy atom. The van der Waals surface area contributed by atoms with Gasteiger partial charge in [0.25, 0.3) is 5.69 Å². The molecule has 0 aliphatic rings. The van der Waals surface area contributed by atoms with E-state index in [4.69, 9.17) is 0 Å². The van der Waals surface area contributed by atoms with Gasteiger partial charge in [-0.25, -0.2) is 9.97 Å². The SMILES string of the molecule is Cc1cc(Sc2ccncc2)nc(-c2ccc([N+](=O)[O-])cc2)n1. The van der Waals surface area contributed by atoms with E-state index < -0.39 is 4.92 Å². The molecule has 0 atom stereocenters. The molecule has 6 nitrogen and oxygen atoms in total. The summed E-state index contributed by atoms with van der Waals surface area (Å²) in [6, 6.07) is 12.0. The van der Waals surface area contributed by atoms with Crippen LogP contribution in [0.1, 0.15) is 5.69 Å². The molecule has 0 aliphatic heterocycles. The van der Waals surface area contributed by atoms with Crippen molar-refractivity contribution in [3.05, 3.63) is 70.7 Å². The molecule has 3 rings (SSSR count). The molecular formula is C16H12N4O2S. The van der Waals surface area contributed by atoms with E-state index in [2.05, 4.69) is 15.0 Å². The summed E-state index contributed by atoms with van der Waals surface area (Å²) in [6.07, 6.45) is 3.46. The largest absolute Gasteiger partial charge is 0.269 e. The maximum absolute atomic E-state index is 10.7. The minimum Gasteiger partial charge on any atom is -0.265 e. The quantitative estimate of drug-likeness (QED) is 0.411. The number of nitro benzene ring substituents is 1. The third-order valence-electron chi connectivity index (χ3n) is 3.04. The van der Waals surface area contributed by atoms with Gasteiger partial charge in [-0.05, 0) is 37.3 Å². The van der Waals surface area contributed by atoms with Crippen LogP contribution < -0.4 is 0 Å². The molecule has 3 aromatic rings. The molecular weight excluding hydrogens is 312 g/mol. The van der Waals surface area contributed by atoms with Crippen molar-refractivity contribution in [1.82, 2.24) is 15.0 Å². The van der Waals surface area contributed by atoms with Crippen LogP contribution in [0.15, 0.2) is 64.8 Å². The first-order valence-corrected chi connectivity index (χ1v) is 7.62. The molecule has 1 aromatic carbocycles. The molecule has 0 spiro atoms. The average Bonchev–Trinajstić information content (AvgIpc) is 2.55. The number of aryl methyl sites for hydroxylation is 1. The summed E-state index contributed by atoms with van der Waals surface area (Å²) in [5, 5.41) is 11.5. The van der Waals surface area contributed by atoms with Gasteiger partial charge >= 0.3 is 0 Å². The standard InChI is InChI=1S/C16H12N4O2S/c1-11-10-15(23-14-6-8-17-9-7-14)19-16(18-11)12-2-4-13(5-3-12)20(21)22/h2-10H,1H3. The number of rotatable bonds is 4. The molecule has 0 aliphatic carbocycles. The predicted molar refractivity (Wildman–Crippen MR) is 87.2 cm³/mol. The van der Waals surface area contributed by atoms with E-state index in [1.165, 1.54) is 23.9 Å². The van der Waals surface area contributed by atoms with Crippen LogP contribution in [0, 0.1) is 17.0 Å². The Balaban J connectivity index is 1.92. The van der Waals surface area contributed by atoms with Crippen LogP contribution in [-0.2, 0) is 0 Å². The van der Waals surface area contributed by atoms with E-state index in [0.717, 1.165) is 21.2 Å². The van der Waals surface area contributed by atoms with Crippen LogP contribution in [0.25, 0.3) is 11.4 Å². The van der Waals surface area contributed by atoms with Crippen molar-refractivity contribution in [3.8, 4) is 11.4 Å². The van der Waals surface area contributed by atoms with Gasteiger partial charge in [-0.15, -0.1) is 0 Å². The van der Waals surface area contributed by atoms with E-state index >= 15 is 0 Å². The normalized spacial score (nSPS) is 10.5. The number of aromatic nitrogens is 3. The smallest absolute Gasteiger partial charge is 0.265 e. The highest BCUT2D eigenvalue weighted by Crippen LogP contribution is 2.28. The predicted octanol–water partition coefficient (Wildman–Crippen LogP) is 3.91. The third kappa shape index (κ3) is 3.70. The number of pyridine rings is 1. The van der Waals surface area contributed by atoms with E-state index in [0.29, 0.717) is 5.82 Å². The fourth-order valence-electron chi connectivity index (χ4n) is 1.98. The van der Waals surface area contributed by atoms with Gasteiger partial charge in [0.1, 0.15) is 5.03 Å². The fourth-order valence-corrected chi connectivity index (χ4v) is 2.84. The Morgan fingerprint density at radius 2 is 1.74 bits per heavy atom. The number of benzene rings is 1. The highest BCUT2D eigenvalue weighted by Gasteiger charge is 2.09. The number of nitro groups is 1. The first kappa shape index (κ1) is 15.1. The Bertz CT molecular complexity index is 838. The van der Waals surface area contributed by atoms with Crippen molar-refractivity contribution in [2.24, 2.45) is 0 Å². The first-order valence-electron chi connectivity index (χ1n) is 6.80. The van der Waals surface area contributed by atoms with Gasteiger partial charge in [-0.3, -0.25) is 15.1 Å². The number of hydrogen-bond acceptors (Lipinski definition) is 6. The van der Waals surface area contributed by atoms with E-state index in [1.807, 2.05) is 25.1 Å². The van der Waals surface area contributed by atoms with Crippen LogP contribution in [0.5, 0.6) is 0 Å². The van der Waals surface area contributed by atoms with Crippen molar-refractivity contribution in [2.75, 3.05) is 0 Å². The molecule has 23 heavy (non-hydrogen) atoms. The highest BCUT2D eigenvalue weighted by molar-refractivity contribution is 7.99. The molecule has 2 aromatic heterocycles. The zero-order valence-electron chi connectivity index (χ0n) is 12.2. The van der Waals surface area contributed by atoms with Gasteiger partial charge in [-0.1, -0.05) is 11.8 Å². The lowest BCUT2D eigenvalue weighted by atomic mass is 10.2. The molecule has 0 N–H and O–H groups in total. The van der Waals surface area contributed by atoms with Crippen LogP contribution in [-0.4, -0.2) is 19.9 Å². The lowest BCUT2D eigenvalue weighted by Gasteiger charge is -2.06. The fraction of sp³-hybridized carbons (Fsp3) is 0.0625. The highest BCUT2D eigenvalue weighted by atomic mass is 32.2. The molecule has 2 heterocycles. The van der Waals surface area contributed by atoms with Crippen molar-refractivity contribution in [2.45, 2.75) is 16.8 Å². The summed E-state index contributed by atoms with van der Waals surface area (Å²) >= 11 is 1.52. The molecule has 0 bridgehead atoms. The lowest BCUT2D eigenvalue weighted by Crippen LogP contribution is -1.94. The van der Waals surface area contributed by atoms with E-state index in [1.54, 1.807) is 24.5 Å². The van der Waals surface area contributed by atoms with Crippen LogP contribution in [0.3, 0.4) is 0 Å². The summed E-state index contributed by atoms with van der Waals surface area (Å²) < 4.78 is 0. The van der Waals surface area contributed by atoms with Crippen LogP contribution in [0.4, 0.5) is 5.69 Å². The number of nitrogens with zero attached hydrogens (tertiary/aromatic N) is 4. The lowest BCUT2D eigenvalue weighted by molar-refractivity contribution is -0.384. The molecule has 0 saturated carbocycles. The monoisotopic (exact) mass is 324 g/mol. The Morgan fingerprint density at radius 1 is 1.04 bits per heavy atom. The van der Waals surface area contributed by atoms with Gasteiger partial charge in [0.05, 0.1) is 4.92 Å². The summed E-state index contributed by atoms with van der Waals surface area (Å²) in [4.78, 5) is 24.3. The zero-order valence-corrected chi connectivity index (χ0v) is 13.0. The summed E-state index contributed by atoms with van der Waals surface area (Å²) in [6.45, 7) is 1.90. The van der Waals surface area contributed by atoms with Crippen molar-refractivity contribution in [3.63, 3.8) is 0 Å². The zero-order chi connectivity index (χ0) is 16.2. The Labute approximate surface area is 136 Å². The maximum atomic E-state index is 10.7. The maximum Gasteiger partial charge on any atom is 0.269 e. The molecule has 0 unspecified atom stereocenters. The average molecular weight is 324 g/mol. The van der Waals surface area contributed by atoms with Gasteiger partial charge in [0.15, 0.2) is 5.82 Å². The van der Waals surface area contributed by atoms with Gasteiger partial charge in [0, 0.05) is 40.7 Å². The molecule has 0 amide bonds. The molecule has 114 valence electrons. The van der Waals surface area contributed by atoms with Gasteiger partial charge in [-0.2, -0.15) is 0 Å². The molecule has 0 fully saturated rings. The minimum atomic E-state index is -0.425. The van der Waals surface area contributed by atoms with Crippen LogP contribution in [0.2, 0.25) is 0 Å². The van der Waals surface area contributed by atoms with Gasteiger partial charge < -0.3 is 0 Å². The third-order valence-corrected chi connectivity index (χ3v) is 3.97. The number of hydrogen-bond donors (Lipinski definition) is 0. The van der Waals surface area contributed by atoms with Gasteiger partial charge in [0.2, 0.25) is 0 Å². The van der Waals surface area contributed by atoms with Crippen molar-refractivity contribution in [1.29, 1.82) is 0 Å². The minimum absolute atomic E-state index is 0.0489. The van der Waals surface area contributed by atoms with Crippen molar-refractivity contribution >= 4 is 17.4 Å². The van der Waals surface area contributed by atoms with E-state index in [-0.39, 0.29) is 5.69 Å². The van der Waals surface area contributed by atoms with Crippen molar-refractivity contribution < 1.29 is 4.92 Å². The molecule has 0 saturated heterocycles. The Kier molecular flexibility index (Phi) is 4.29. The first-order chi connectivity index (χ1) is 11.1. The second-order valence-corrected chi connectivity index (χ2v) is 5.85. The second kappa shape index (κ2) is 6.53. The number of non-ortho nitro benzene ring substituents is 1. The molecule has 0 radical (unpaired) electrons. The molecule has 7 heteroatoms. The second-order valence-electron chi connectivity index (χ2n) is 4.76. The van der Waals surface area contributed by atoms with Crippen LogP contribution >= 0.6 is 11.8 Å².